The fourth-order valence-corrected chi connectivity index (χ4v) is 2.13. The lowest BCUT2D eigenvalue weighted by Gasteiger charge is -2.19. The lowest BCUT2D eigenvalue weighted by molar-refractivity contribution is -0.146. The Kier molecular flexibility index (Phi) is 6.17. The number of hydrogen-bond donors (Lipinski definition) is 3. The smallest absolute Gasteiger partial charge is 0.331 e. The van der Waals surface area contributed by atoms with E-state index in [2.05, 4.69) is 15.7 Å². The van der Waals surface area contributed by atoms with Gasteiger partial charge in [0.25, 0.3) is 5.91 Å². The number of nitrogens with zero attached hydrogens (tertiary/aromatic N) is 2. The van der Waals surface area contributed by atoms with E-state index in [4.69, 9.17) is 4.74 Å². The number of carboxylic acid groups (broad SMARTS) is 1. The Morgan fingerprint density at radius 3 is 2.48 bits per heavy atom. The van der Waals surface area contributed by atoms with Crippen molar-refractivity contribution < 1.29 is 24.2 Å². The minimum absolute atomic E-state index is 0.237. The summed E-state index contributed by atoms with van der Waals surface area (Å²) in [4.78, 5) is 35.3. The first-order valence-corrected chi connectivity index (χ1v) is 8.33. The molecule has 144 valence electrons. The van der Waals surface area contributed by atoms with Gasteiger partial charge in [0.05, 0.1) is 25.0 Å². The van der Waals surface area contributed by atoms with E-state index in [-0.39, 0.29) is 6.54 Å². The van der Waals surface area contributed by atoms with Crippen LogP contribution in [0.25, 0.3) is 0 Å². The van der Waals surface area contributed by atoms with Gasteiger partial charge in [0.15, 0.2) is 5.54 Å². The first-order chi connectivity index (χ1) is 12.7. The maximum atomic E-state index is 12.1. The highest BCUT2D eigenvalue weighted by Crippen LogP contribution is 2.17. The third kappa shape index (κ3) is 5.06. The summed E-state index contributed by atoms with van der Waals surface area (Å²) in [6.07, 6.45) is 2.76. The van der Waals surface area contributed by atoms with Crippen molar-refractivity contribution in [2.24, 2.45) is 0 Å². The molecule has 27 heavy (non-hydrogen) atoms. The minimum Gasteiger partial charge on any atom is -0.494 e. The molecule has 0 aliphatic carbocycles. The molecule has 2 amide bonds. The summed E-state index contributed by atoms with van der Waals surface area (Å²) in [6, 6.07) is 6.57. The molecule has 9 nitrogen and oxygen atoms in total. The number of aromatic nitrogens is 2. The number of carbonyl (C=O) groups is 3. The number of carbonyl (C=O) groups excluding carboxylic acids is 2. The van der Waals surface area contributed by atoms with Gasteiger partial charge in [-0.2, -0.15) is 5.10 Å². The predicted molar refractivity (Wildman–Crippen MR) is 97.8 cm³/mol. The monoisotopic (exact) mass is 374 g/mol. The summed E-state index contributed by atoms with van der Waals surface area (Å²) in [6.45, 7) is 5.15. The molecule has 0 radical (unpaired) electrons. The van der Waals surface area contributed by atoms with Gasteiger partial charge in [-0.15, -0.1) is 0 Å². The highest BCUT2D eigenvalue weighted by Gasteiger charge is 2.30. The molecule has 0 bridgehead atoms. The summed E-state index contributed by atoms with van der Waals surface area (Å²) < 4.78 is 6.54. The molecule has 0 unspecified atom stereocenters. The number of hydrogen-bond acceptors (Lipinski definition) is 5. The highest BCUT2D eigenvalue weighted by molar-refractivity contribution is 5.99. The van der Waals surface area contributed by atoms with Crippen LogP contribution in [0.2, 0.25) is 0 Å². The Morgan fingerprint density at radius 2 is 1.89 bits per heavy atom. The van der Waals surface area contributed by atoms with E-state index in [1.54, 1.807) is 24.3 Å². The molecule has 2 rings (SSSR count). The number of ether oxygens (including phenoxy) is 1. The van der Waals surface area contributed by atoms with Crippen LogP contribution in [-0.2, 0) is 15.1 Å². The van der Waals surface area contributed by atoms with Crippen molar-refractivity contribution in [1.82, 2.24) is 15.1 Å². The topological polar surface area (TPSA) is 123 Å². The zero-order chi connectivity index (χ0) is 20.0. The zero-order valence-electron chi connectivity index (χ0n) is 15.4. The van der Waals surface area contributed by atoms with Gasteiger partial charge in [-0.25, -0.2) is 4.79 Å². The van der Waals surface area contributed by atoms with Crippen LogP contribution < -0.4 is 15.4 Å². The average molecular weight is 374 g/mol. The van der Waals surface area contributed by atoms with Crippen LogP contribution in [0.4, 0.5) is 5.69 Å². The second-order valence-electron chi connectivity index (χ2n) is 6.23. The average Bonchev–Trinajstić information content (AvgIpc) is 3.09. The van der Waals surface area contributed by atoms with Crippen molar-refractivity contribution >= 4 is 23.5 Å². The molecule has 0 saturated carbocycles. The fraction of sp³-hybridized carbons (Fsp3) is 0.333. The molecule has 1 heterocycles. The maximum Gasteiger partial charge on any atom is 0.331 e. The number of carboxylic acids is 1. The summed E-state index contributed by atoms with van der Waals surface area (Å²) >= 11 is 0. The van der Waals surface area contributed by atoms with Gasteiger partial charge in [0, 0.05) is 11.8 Å². The highest BCUT2D eigenvalue weighted by atomic mass is 16.5. The van der Waals surface area contributed by atoms with Gasteiger partial charge < -0.3 is 20.5 Å². The quantitative estimate of drug-likeness (QED) is 0.643. The van der Waals surface area contributed by atoms with Crippen molar-refractivity contribution in [3.05, 3.63) is 42.2 Å². The van der Waals surface area contributed by atoms with E-state index in [0.29, 0.717) is 23.6 Å². The number of rotatable bonds is 8. The lowest BCUT2D eigenvalue weighted by Crippen LogP contribution is -2.36. The van der Waals surface area contributed by atoms with Gasteiger partial charge >= 0.3 is 5.97 Å². The predicted octanol–water partition coefficient (Wildman–Crippen LogP) is 1.47. The molecule has 1 aromatic heterocycles. The van der Waals surface area contributed by atoms with Crippen LogP contribution in [0, 0.1) is 0 Å². The second-order valence-corrected chi connectivity index (χ2v) is 6.23. The summed E-state index contributed by atoms with van der Waals surface area (Å²) in [7, 11) is 0. The van der Waals surface area contributed by atoms with E-state index >= 15 is 0 Å². The van der Waals surface area contributed by atoms with Crippen molar-refractivity contribution in [2.45, 2.75) is 26.3 Å². The lowest BCUT2D eigenvalue weighted by atomic mass is 10.1. The van der Waals surface area contributed by atoms with Gasteiger partial charge in [0.2, 0.25) is 5.91 Å². The number of aliphatic carboxylic acids is 1. The largest absolute Gasteiger partial charge is 0.494 e. The summed E-state index contributed by atoms with van der Waals surface area (Å²) in [5.41, 5.74) is -0.503. The number of anilines is 1. The Morgan fingerprint density at radius 1 is 1.22 bits per heavy atom. The molecule has 0 atom stereocenters. The molecule has 0 aliphatic heterocycles. The van der Waals surface area contributed by atoms with Gasteiger partial charge in [-0.05, 0) is 45.0 Å². The van der Waals surface area contributed by atoms with Gasteiger partial charge in [-0.1, -0.05) is 0 Å². The first kappa shape index (κ1) is 20.0. The summed E-state index contributed by atoms with van der Waals surface area (Å²) in [5, 5.41) is 18.2. The molecular weight excluding hydrogens is 352 g/mol. The van der Waals surface area contributed by atoms with E-state index in [0.717, 1.165) is 0 Å². The number of amides is 2. The molecule has 1 aromatic carbocycles. The third-order valence-electron chi connectivity index (χ3n) is 3.80. The van der Waals surface area contributed by atoms with Crippen LogP contribution in [0.5, 0.6) is 5.75 Å². The molecule has 0 saturated heterocycles. The van der Waals surface area contributed by atoms with Crippen LogP contribution in [-0.4, -0.2) is 45.8 Å². The standard InChI is InChI=1S/C18H22N4O5/c1-4-27-14-7-5-12(6-8-14)16(24)19-10-15(23)21-13-9-20-22(11-13)18(2,3)17(25)26/h5-9,11H,4,10H2,1-3H3,(H,19,24)(H,21,23)(H,25,26). The van der Waals surface area contributed by atoms with Crippen molar-refractivity contribution in [3.8, 4) is 5.75 Å². The Labute approximate surface area is 156 Å². The molecular formula is C18H22N4O5. The zero-order valence-corrected chi connectivity index (χ0v) is 15.4. The van der Waals surface area contributed by atoms with E-state index in [1.807, 2.05) is 6.92 Å². The van der Waals surface area contributed by atoms with Crippen molar-refractivity contribution in [1.29, 1.82) is 0 Å². The molecule has 3 N–H and O–H groups in total. The first-order valence-electron chi connectivity index (χ1n) is 8.33. The van der Waals surface area contributed by atoms with Gasteiger partial charge in [-0.3, -0.25) is 14.3 Å². The minimum atomic E-state index is -1.25. The normalized spacial score (nSPS) is 10.9. The summed E-state index contributed by atoms with van der Waals surface area (Å²) in [5.74, 6) is -1.24. The Balaban J connectivity index is 1.88. The number of nitrogens with one attached hydrogen (secondary N) is 2. The molecule has 0 spiro atoms. The van der Waals surface area contributed by atoms with Gasteiger partial charge in [0.1, 0.15) is 5.75 Å². The van der Waals surface area contributed by atoms with Crippen molar-refractivity contribution in [3.63, 3.8) is 0 Å². The van der Waals surface area contributed by atoms with Crippen LogP contribution in [0.1, 0.15) is 31.1 Å². The van der Waals surface area contributed by atoms with Crippen LogP contribution >= 0.6 is 0 Å². The van der Waals surface area contributed by atoms with E-state index < -0.39 is 23.3 Å². The third-order valence-corrected chi connectivity index (χ3v) is 3.80. The van der Waals surface area contributed by atoms with Crippen LogP contribution in [0.3, 0.4) is 0 Å². The molecule has 0 aliphatic rings. The molecule has 9 heteroatoms. The fourth-order valence-electron chi connectivity index (χ4n) is 2.13. The maximum absolute atomic E-state index is 12.1. The SMILES string of the molecule is CCOc1ccc(C(=O)NCC(=O)Nc2cnn(C(C)(C)C(=O)O)c2)cc1. The Hall–Kier alpha value is -3.36. The van der Waals surface area contributed by atoms with E-state index in [9.17, 15) is 19.5 Å². The Bertz CT molecular complexity index is 827. The second kappa shape index (κ2) is 8.35. The van der Waals surface area contributed by atoms with Crippen molar-refractivity contribution in [2.75, 3.05) is 18.5 Å². The van der Waals surface area contributed by atoms with Crippen LogP contribution in [0.15, 0.2) is 36.7 Å². The van der Waals surface area contributed by atoms with E-state index in [1.165, 1.54) is 30.9 Å². The molecule has 0 fully saturated rings. The molecule has 2 aromatic rings. The number of benzene rings is 1.